The normalized spacial score (nSPS) is 12.4. The minimum Gasteiger partial charge on any atom is -0.375 e. The van der Waals surface area contributed by atoms with Crippen LogP contribution in [-0.4, -0.2) is 40.5 Å². The second-order valence-electron chi connectivity index (χ2n) is 7.18. The molecule has 2 N–H and O–H groups in total. The quantitative estimate of drug-likeness (QED) is 0.549. The molecule has 0 saturated carbocycles. The van der Waals surface area contributed by atoms with E-state index >= 15 is 0 Å². The van der Waals surface area contributed by atoms with Crippen molar-refractivity contribution < 1.29 is 13.2 Å². The van der Waals surface area contributed by atoms with Gasteiger partial charge in [-0.25, -0.2) is 13.1 Å². The number of benzene rings is 2. The smallest absolute Gasteiger partial charge is 0.251 e. The first-order valence-electron chi connectivity index (χ1n) is 10.00. The van der Waals surface area contributed by atoms with Crippen LogP contribution in [0.2, 0.25) is 0 Å². The molecule has 2 aromatic carbocycles. The zero-order valence-electron chi connectivity index (χ0n) is 17.4. The number of sulfonamides is 1. The van der Waals surface area contributed by atoms with Crippen molar-refractivity contribution in [2.75, 3.05) is 25.0 Å². The van der Waals surface area contributed by atoms with E-state index in [1.807, 2.05) is 32.0 Å². The fourth-order valence-corrected chi connectivity index (χ4v) is 4.12. The number of rotatable bonds is 11. The third kappa shape index (κ3) is 7.18. The maximum absolute atomic E-state index is 12.3. The van der Waals surface area contributed by atoms with Gasteiger partial charge in [0.25, 0.3) is 5.91 Å². The molecule has 1 unspecified atom stereocenters. The molecule has 1 amide bonds. The highest BCUT2D eigenvalue weighted by molar-refractivity contribution is 7.89. The van der Waals surface area contributed by atoms with Crippen molar-refractivity contribution in [1.29, 1.82) is 0 Å². The van der Waals surface area contributed by atoms with Gasteiger partial charge in [-0.1, -0.05) is 25.1 Å². The van der Waals surface area contributed by atoms with Gasteiger partial charge in [0.1, 0.15) is 0 Å². The molecular formula is C22H31N3O3S. The lowest BCUT2D eigenvalue weighted by Crippen LogP contribution is -2.32. The highest BCUT2D eigenvalue weighted by Gasteiger charge is 2.17. The molecular weight excluding hydrogens is 386 g/mol. The lowest BCUT2D eigenvalue weighted by molar-refractivity contribution is 0.0953. The predicted octanol–water partition coefficient (Wildman–Crippen LogP) is 3.41. The maximum atomic E-state index is 12.3. The Morgan fingerprint density at radius 2 is 1.69 bits per heavy atom. The summed E-state index contributed by atoms with van der Waals surface area (Å²) < 4.78 is 27.1. The Hall–Kier alpha value is -2.38. The maximum Gasteiger partial charge on any atom is 0.251 e. The van der Waals surface area contributed by atoms with Crippen LogP contribution in [0, 0.1) is 0 Å². The van der Waals surface area contributed by atoms with Crippen molar-refractivity contribution in [3.8, 4) is 0 Å². The van der Waals surface area contributed by atoms with Gasteiger partial charge >= 0.3 is 0 Å². The van der Waals surface area contributed by atoms with Crippen LogP contribution in [0.3, 0.4) is 0 Å². The van der Waals surface area contributed by atoms with Crippen LogP contribution in [0.4, 0.5) is 5.69 Å². The lowest BCUT2D eigenvalue weighted by atomic mass is 10.2. The van der Waals surface area contributed by atoms with Gasteiger partial charge in [0, 0.05) is 37.4 Å². The number of amides is 1. The van der Waals surface area contributed by atoms with Crippen LogP contribution < -0.4 is 14.9 Å². The van der Waals surface area contributed by atoms with Gasteiger partial charge < -0.3 is 10.2 Å². The van der Waals surface area contributed by atoms with Crippen molar-refractivity contribution in [3.63, 3.8) is 0 Å². The van der Waals surface area contributed by atoms with Crippen LogP contribution in [0.5, 0.6) is 0 Å². The van der Waals surface area contributed by atoms with E-state index in [4.69, 9.17) is 0 Å². The fourth-order valence-electron chi connectivity index (χ4n) is 2.79. The minimum absolute atomic E-state index is 0.135. The predicted molar refractivity (Wildman–Crippen MR) is 118 cm³/mol. The molecule has 0 aliphatic carbocycles. The molecule has 0 heterocycles. The molecule has 29 heavy (non-hydrogen) atoms. The van der Waals surface area contributed by atoms with Crippen LogP contribution in [0.1, 0.15) is 43.5 Å². The number of nitrogens with zero attached hydrogens (tertiary/aromatic N) is 1. The molecule has 2 aromatic rings. The van der Waals surface area contributed by atoms with Gasteiger partial charge in [-0.15, -0.1) is 0 Å². The number of unbranched alkanes of at least 4 members (excludes halogenated alkanes) is 1. The number of anilines is 1. The summed E-state index contributed by atoms with van der Waals surface area (Å²) in [6, 6.07) is 16.1. The summed E-state index contributed by atoms with van der Waals surface area (Å²) in [6.45, 7) is 5.23. The van der Waals surface area contributed by atoms with E-state index < -0.39 is 10.0 Å². The molecule has 0 aliphatic rings. The number of hydrogen-bond acceptors (Lipinski definition) is 4. The third-order valence-corrected chi connectivity index (χ3v) is 6.40. The Morgan fingerprint density at radius 1 is 1.03 bits per heavy atom. The topological polar surface area (TPSA) is 78.5 Å². The zero-order chi connectivity index (χ0) is 21.3. The Balaban J connectivity index is 1.76. The van der Waals surface area contributed by atoms with E-state index in [0.717, 1.165) is 19.4 Å². The van der Waals surface area contributed by atoms with Gasteiger partial charge in [-0.05, 0) is 62.6 Å². The average molecular weight is 418 g/mol. The Kier molecular flexibility index (Phi) is 8.67. The van der Waals surface area contributed by atoms with Crippen molar-refractivity contribution in [2.45, 2.75) is 44.0 Å². The van der Waals surface area contributed by atoms with Crippen molar-refractivity contribution in [3.05, 3.63) is 60.2 Å². The number of nitrogens with one attached hydrogen (secondary N) is 2. The van der Waals surface area contributed by atoms with E-state index in [9.17, 15) is 13.2 Å². The van der Waals surface area contributed by atoms with Crippen molar-refractivity contribution in [2.24, 2.45) is 0 Å². The first-order chi connectivity index (χ1) is 13.8. The first-order valence-corrected chi connectivity index (χ1v) is 11.5. The molecule has 1 atom stereocenters. The molecule has 0 aromatic heterocycles. The molecule has 0 fully saturated rings. The van der Waals surface area contributed by atoms with E-state index in [-0.39, 0.29) is 16.8 Å². The van der Waals surface area contributed by atoms with Crippen LogP contribution in [0.15, 0.2) is 59.5 Å². The Bertz CT molecular complexity index is 868. The van der Waals surface area contributed by atoms with E-state index in [1.165, 1.54) is 17.8 Å². The second-order valence-corrected chi connectivity index (χ2v) is 8.89. The fraction of sp³-hybridized carbons (Fsp3) is 0.409. The lowest BCUT2D eigenvalue weighted by Gasteiger charge is -2.19. The van der Waals surface area contributed by atoms with Crippen LogP contribution >= 0.6 is 0 Å². The first kappa shape index (κ1) is 22.9. The number of para-hydroxylation sites is 1. The molecule has 6 nitrogen and oxygen atoms in total. The summed E-state index contributed by atoms with van der Waals surface area (Å²) >= 11 is 0. The summed E-state index contributed by atoms with van der Waals surface area (Å²) in [5.41, 5.74) is 1.63. The molecule has 0 saturated heterocycles. The van der Waals surface area contributed by atoms with Crippen LogP contribution in [-0.2, 0) is 10.0 Å². The summed E-state index contributed by atoms with van der Waals surface area (Å²) in [7, 11) is -1.50. The average Bonchev–Trinajstić information content (AvgIpc) is 2.73. The Labute approximate surface area is 174 Å². The summed E-state index contributed by atoms with van der Waals surface area (Å²) in [5, 5.41) is 2.89. The van der Waals surface area contributed by atoms with Gasteiger partial charge in [-0.2, -0.15) is 0 Å². The number of hydrogen-bond donors (Lipinski definition) is 2. The highest BCUT2D eigenvalue weighted by atomic mass is 32.2. The second kappa shape index (κ2) is 11.0. The van der Waals surface area contributed by atoms with E-state index in [0.29, 0.717) is 18.5 Å². The largest absolute Gasteiger partial charge is 0.375 e. The number of carbonyl (C=O) groups excluding carboxylic acids is 1. The van der Waals surface area contributed by atoms with Crippen LogP contribution in [0.25, 0.3) is 0 Å². The van der Waals surface area contributed by atoms with Crippen molar-refractivity contribution >= 4 is 21.6 Å². The van der Waals surface area contributed by atoms with E-state index in [1.54, 1.807) is 12.1 Å². The molecule has 7 heteroatoms. The molecule has 0 aliphatic heterocycles. The van der Waals surface area contributed by atoms with Crippen molar-refractivity contribution in [1.82, 2.24) is 10.0 Å². The monoisotopic (exact) mass is 417 g/mol. The minimum atomic E-state index is -3.56. The van der Waals surface area contributed by atoms with Gasteiger partial charge in [0.15, 0.2) is 0 Å². The zero-order valence-corrected chi connectivity index (χ0v) is 18.2. The summed E-state index contributed by atoms with van der Waals surface area (Å²) in [4.78, 5) is 14.6. The molecule has 2 rings (SSSR count). The molecule has 0 bridgehead atoms. The third-order valence-electron chi connectivity index (χ3n) is 4.80. The SMILES string of the molecule is CCC(C)NS(=O)(=O)c1ccc(C(=O)NCCCCN(C)c2ccccc2)cc1. The van der Waals surface area contributed by atoms with E-state index in [2.05, 4.69) is 34.1 Å². The van der Waals surface area contributed by atoms with Gasteiger partial charge in [0.2, 0.25) is 10.0 Å². The van der Waals surface area contributed by atoms with Gasteiger partial charge in [-0.3, -0.25) is 4.79 Å². The highest BCUT2D eigenvalue weighted by Crippen LogP contribution is 2.13. The number of carbonyl (C=O) groups is 1. The summed E-state index contributed by atoms with van der Waals surface area (Å²) in [6.07, 6.45) is 2.54. The summed E-state index contributed by atoms with van der Waals surface area (Å²) in [5.74, 6) is -0.194. The van der Waals surface area contributed by atoms with Gasteiger partial charge in [0.05, 0.1) is 4.90 Å². The molecule has 0 radical (unpaired) electrons. The standard InChI is InChI=1S/C22H31N3O3S/c1-4-18(2)24-29(27,28)21-14-12-19(13-15-21)22(26)23-16-8-9-17-25(3)20-10-6-5-7-11-20/h5-7,10-15,18,24H,4,8-9,16-17H2,1-3H3,(H,23,26). The molecule has 0 spiro atoms. The Morgan fingerprint density at radius 3 is 2.31 bits per heavy atom. The molecule has 158 valence electrons.